The Kier molecular flexibility index (Phi) is 9.00. The minimum absolute atomic E-state index is 0.124. The van der Waals surface area contributed by atoms with E-state index in [1.54, 1.807) is 48.4 Å². The smallest absolute Gasteiger partial charge is 0.229 e. The number of methoxy groups -OCH3 is 4. The number of nitrogens with zero attached hydrogens (tertiary/aromatic N) is 1. The largest absolute Gasteiger partial charge is 0.497 e. The standard InChI is InChI=1S/C34H34N2O7/c1-39-25-14-10-22(11-15-25)32-28(34(38)35-23-12-16-27(17-13-23)43-26-8-6-5-7-9-26)18-19-31(37)36(32)24-20-29(40-2)33(42-4)30(21-24)41-3/h5-17,20-21,28,32H,18-19H2,1-4H3,(H,35,38)/t28-,32+/m0/s1. The SMILES string of the molecule is COc1ccc([C@@H]2[C@@H](C(=O)Nc3ccc(Oc4ccccc4)cc3)CCC(=O)N2c2cc(OC)c(OC)c(OC)c2)cc1. The van der Waals surface area contributed by atoms with Crippen molar-refractivity contribution in [1.29, 1.82) is 0 Å². The number of hydrogen-bond acceptors (Lipinski definition) is 7. The van der Waals surface area contributed by atoms with Crippen LogP contribution in [0.1, 0.15) is 24.4 Å². The Morgan fingerprint density at radius 1 is 0.744 bits per heavy atom. The summed E-state index contributed by atoms with van der Waals surface area (Å²) in [6, 6.07) is 26.9. The van der Waals surface area contributed by atoms with E-state index < -0.39 is 12.0 Å². The number of amides is 2. The molecule has 4 aromatic rings. The van der Waals surface area contributed by atoms with Crippen molar-refractivity contribution in [2.75, 3.05) is 38.7 Å². The van der Waals surface area contributed by atoms with E-state index in [4.69, 9.17) is 23.7 Å². The zero-order valence-electron chi connectivity index (χ0n) is 24.5. The third kappa shape index (κ3) is 6.35. The van der Waals surface area contributed by atoms with Gasteiger partial charge in [0.1, 0.15) is 17.2 Å². The number of carbonyl (C=O) groups is 2. The summed E-state index contributed by atoms with van der Waals surface area (Å²) in [6.07, 6.45) is 0.558. The molecular formula is C34H34N2O7. The lowest BCUT2D eigenvalue weighted by atomic mass is 9.83. The summed E-state index contributed by atoms with van der Waals surface area (Å²) in [4.78, 5) is 29.2. The molecule has 1 fully saturated rings. The molecule has 0 radical (unpaired) electrons. The van der Waals surface area contributed by atoms with Gasteiger partial charge < -0.3 is 33.9 Å². The van der Waals surface area contributed by atoms with Gasteiger partial charge in [-0.2, -0.15) is 0 Å². The molecule has 1 saturated heterocycles. The fourth-order valence-corrected chi connectivity index (χ4v) is 5.33. The second kappa shape index (κ2) is 13.2. The van der Waals surface area contributed by atoms with Gasteiger partial charge >= 0.3 is 0 Å². The third-order valence-electron chi connectivity index (χ3n) is 7.42. The van der Waals surface area contributed by atoms with E-state index in [9.17, 15) is 9.59 Å². The van der Waals surface area contributed by atoms with Crippen LogP contribution in [0.4, 0.5) is 11.4 Å². The van der Waals surface area contributed by atoms with E-state index in [1.807, 2.05) is 54.6 Å². The molecule has 1 aliphatic heterocycles. The van der Waals surface area contributed by atoms with Gasteiger partial charge in [0.2, 0.25) is 17.6 Å². The number of para-hydroxylation sites is 1. The topological polar surface area (TPSA) is 95.6 Å². The maximum absolute atomic E-state index is 13.9. The van der Waals surface area contributed by atoms with Gasteiger partial charge in [0.15, 0.2) is 11.5 Å². The van der Waals surface area contributed by atoms with Gasteiger partial charge in [0, 0.05) is 24.2 Å². The highest BCUT2D eigenvalue weighted by molar-refractivity contribution is 6.00. The lowest BCUT2D eigenvalue weighted by Crippen LogP contribution is -2.47. The first-order valence-corrected chi connectivity index (χ1v) is 13.9. The van der Waals surface area contributed by atoms with Crippen LogP contribution in [0.2, 0.25) is 0 Å². The number of rotatable bonds is 10. The van der Waals surface area contributed by atoms with E-state index in [-0.39, 0.29) is 18.2 Å². The molecule has 43 heavy (non-hydrogen) atoms. The van der Waals surface area contributed by atoms with E-state index in [2.05, 4.69) is 5.32 Å². The maximum Gasteiger partial charge on any atom is 0.229 e. The molecule has 9 heteroatoms. The number of nitrogens with one attached hydrogen (secondary N) is 1. The molecule has 2 amide bonds. The van der Waals surface area contributed by atoms with Crippen molar-refractivity contribution in [3.05, 3.63) is 96.6 Å². The molecule has 0 aromatic heterocycles. The first-order valence-electron chi connectivity index (χ1n) is 13.9. The van der Waals surface area contributed by atoms with Crippen molar-refractivity contribution in [1.82, 2.24) is 0 Å². The quantitative estimate of drug-likeness (QED) is 0.224. The van der Waals surface area contributed by atoms with Gasteiger partial charge in [0.25, 0.3) is 0 Å². The number of anilines is 2. The van der Waals surface area contributed by atoms with Crippen molar-refractivity contribution in [3.8, 4) is 34.5 Å². The number of ether oxygens (including phenoxy) is 5. The highest BCUT2D eigenvalue weighted by Gasteiger charge is 2.42. The lowest BCUT2D eigenvalue weighted by molar-refractivity contribution is -0.125. The minimum atomic E-state index is -0.615. The van der Waals surface area contributed by atoms with Crippen LogP contribution in [0.3, 0.4) is 0 Å². The number of hydrogen-bond donors (Lipinski definition) is 1. The molecule has 0 saturated carbocycles. The van der Waals surface area contributed by atoms with Crippen molar-refractivity contribution in [2.45, 2.75) is 18.9 Å². The van der Waals surface area contributed by atoms with E-state index >= 15 is 0 Å². The lowest BCUT2D eigenvalue weighted by Gasteiger charge is -2.41. The summed E-state index contributed by atoms with van der Waals surface area (Å²) < 4.78 is 27.9. The number of piperidine rings is 1. The summed E-state index contributed by atoms with van der Waals surface area (Å²) in [7, 11) is 6.15. The molecule has 0 bridgehead atoms. The van der Waals surface area contributed by atoms with Crippen LogP contribution in [-0.4, -0.2) is 40.3 Å². The fourth-order valence-electron chi connectivity index (χ4n) is 5.33. The Morgan fingerprint density at radius 3 is 1.93 bits per heavy atom. The van der Waals surface area contributed by atoms with Gasteiger partial charge in [-0.3, -0.25) is 9.59 Å². The fraction of sp³-hybridized carbons (Fsp3) is 0.235. The molecule has 222 valence electrons. The number of carbonyl (C=O) groups excluding carboxylic acids is 2. The minimum Gasteiger partial charge on any atom is -0.497 e. The second-order valence-electron chi connectivity index (χ2n) is 9.94. The van der Waals surface area contributed by atoms with Crippen molar-refractivity contribution in [2.24, 2.45) is 5.92 Å². The van der Waals surface area contributed by atoms with E-state index in [1.165, 1.54) is 21.3 Å². The Morgan fingerprint density at radius 2 is 1.35 bits per heavy atom. The summed E-state index contributed by atoms with van der Waals surface area (Å²) in [6.45, 7) is 0. The molecule has 0 spiro atoms. The van der Waals surface area contributed by atoms with Crippen LogP contribution >= 0.6 is 0 Å². The molecule has 2 atom stereocenters. The van der Waals surface area contributed by atoms with Crippen molar-refractivity contribution in [3.63, 3.8) is 0 Å². The predicted molar refractivity (Wildman–Crippen MR) is 164 cm³/mol. The first-order chi connectivity index (χ1) is 20.9. The average molecular weight is 583 g/mol. The predicted octanol–water partition coefficient (Wildman–Crippen LogP) is 6.64. The van der Waals surface area contributed by atoms with E-state index in [0.717, 1.165) is 11.3 Å². The van der Waals surface area contributed by atoms with Crippen LogP contribution in [0.5, 0.6) is 34.5 Å². The summed E-state index contributed by atoms with van der Waals surface area (Å²) in [5, 5.41) is 3.05. The van der Waals surface area contributed by atoms with Gasteiger partial charge in [-0.1, -0.05) is 30.3 Å². The van der Waals surface area contributed by atoms with Crippen LogP contribution in [0.25, 0.3) is 0 Å². The van der Waals surface area contributed by atoms with Crippen molar-refractivity contribution < 1.29 is 33.3 Å². The Labute approximate surface area is 250 Å². The Hall–Kier alpha value is -5.18. The third-order valence-corrected chi connectivity index (χ3v) is 7.42. The Balaban J connectivity index is 1.48. The van der Waals surface area contributed by atoms with Crippen molar-refractivity contribution >= 4 is 23.2 Å². The zero-order valence-corrected chi connectivity index (χ0v) is 24.5. The molecule has 0 aliphatic carbocycles. The first kappa shape index (κ1) is 29.3. The second-order valence-corrected chi connectivity index (χ2v) is 9.94. The molecule has 5 rings (SSSR count). The molecule has 4 aromatic carbocycles. The van der Waals surface area contributed by atoms with Crippen LogP contribution in [-0.2, 0) is 9.59 Å². The summed E-state index contributed by atoms with van der Waals surface area (Å²) in [5.41, 5.74) is 1.93. The van der Waals surface area contributed by atoms with E-state index in [0.29, 0.717) is 46.5 Å². The zero-order chi connectivity index (χ0) is 30.3. The molecular weight excluding hydrogens is 548 g/mol. The molecule has 1 N–H and O–H groups in total. The molecule has 9 nitrogen and oxygen atoms in total. The van der Waals surface area contributed by atoms with Crippen LogP contribution in [0.15, 0.2) is 91.0 Å². The maximum atomic E-state index is 13.9. The molecule has 0 unspecified atom stereocenters. The summed E-state index contributed by atoms with van der Waals surface area (Å²) in [5.74, 6) is 2.37. The van der Waals surface area contributed by atoms with Gasteiger partial charge in [-0.05, 0) is 60.5 Å². The monoisotopic (exact) mass is 582 g/mol. The summed E-state index contributed by atoms with van der Waals surface area (Å²) >= 11 is 0. The Bertz CT molecular complexity index is 1530. The molecule has 1 aliphatic rings. The van der Waals surface area contributed by atoms with Gasteiger partial charge in [-0.15, -0.1) is 0 Å². The van der Waals surface area contributed by atoms with Crippen LogP contribution < -0.4 is 33.9 Å². The normalized spacial score (nSPS) is 16.3. The van der Waals surface area contributed by atoms with Gasteiger partial charge in [0.05, 0.1) is 46.1 Å². The highest BCUT2D eigenvalue weighted by atomic mass is 16.5. The molecule has 1 heterocycles. The average Bonchev–Trinajstić information content (AvgIpc) is 3.05. The van der Waals surface area contributed by atoms with Crippen LogP contribution in [0, 0.1) is 5.92 Å². The number of benzene rings is 4. The van der Waals surface area contributed by atoms with Gasteiger partial charge in [-0.25, -0.2) is 0 Å². The highest BCUT2D eigenvalue weighted by Crippen LogP contribution is 2.46.